The van der Waals surface area contributed by atoms with E-state index in [9.17, 15) is 10.2 Å². The molecule has 0 amide bonds. The zero-order chi connectivity index (χ0) is 15.5. The molecule has 1 aliphatic heterocycles. The van der Waals surface area contributed by atoms with Gasteiger partial charge in [0.2, 0.25) is 0 Å². The summed E-state index contributed by atoms with van der Waals surface area (Å²) in [6.45, 7) is 0.0473. The van der Waals surface area contributed by atoms with Crippen molar-refractivity contribution in [2.45, 2.75) is 18.8 Å². The molecule has 3 rings (SSSR count). The third kappa shape index (κ3) is 3.20. The van der Waals surface area contributed by atoms with Gasteiger partial charge in [-0.3, -0.25) is 0 Å². The van der Waals surface area contributed by atoms with Crippen molar-refractivity contribution >= 4 is 27.3 Å². The molecule has 0 fully saturated rings. The summed E-state index contributed by atoms with van der Waals surface area (Å²) in [6.07, 6.45) is 2.35. The van der Waals surface area contributed by atoms with Gasteiger partial charge in [-0.05, 0) is 46.7 Å². The third-order valence-corrected chi connectivity index (χ3v) is 4.90. The van der Waals surface area contributed by atoms with Crippen molar-refractivity contribution in [3.8, 4) is 0 Å². The molecule has 4 nitrogen and oxygen atoms in total. The molecule has 0 spiro atoms. The summed E-state index contributed by atoms with van der Waals surface area (Å²) < 4.78 is 11.5. The second kappa shape index (κ2) is 6.83. The van der Waals surface area contributed by atoms with Gasteiger partial charge in [-0.2, -0.15) is 0 Å². The van der Waals surface area contributed by atoms with E-state index in [1.54, 1.807) is 0 Å². The van der Waals surface area contributed by atoms with Crippen molar-refractivity contribution in [3.05, 3.63) is 68.2 Å². The van der Waals surface area contributed by atoms with Crippen molar-refractivity contribution in [1.82, 2.24) is 0 Å². The first-order valence-electron chi connectivity index (χ1n) is 6.80. The average Bonchev–Trinajstić information content (AvgIpc) is 3.19. The Morgan fingerprint density at radius 2 is 2.00 bits per heavy atom. The molecule has 2 aromatic rings. The van der Waals surface area contributed by atoms with Gasteiger partial charge >= 0.3 is 0 Å². The van der Waals surface area contributed by atoms with Crippen molar-refractivity contribution < 1.29 is 19.7 Å². The molecule has 0 saturated heterocycles. The van der Waals surface area contributed by atoms with E-state index >= 15 is 0 Å². The first-order chi connectivity index (χ1) is 10.7. The second-order valence-electron chi connectivity index (χ2n) is 4.88. The van der Waals surface area contributed by atoms with Crippen LogP contribution in [0.4, 0.5) is 0 Å². The van der Waals surface area contributed by atoms with Crippen LogP contribution in [-0.4, -0.2) is 16.8 Å². The fourth-order valence-electron chi connectivity index (χ4n) is 2.36. The van der Waals surface area contributed by atoms with Gasteiger partial charge in [-0.1, -0.05) is 22.0 Å². The minimum atomic E-state index is -0.751. The predicted molar refractivity (Wildman–Crippen MR) is 87.4 cm³/mol. The predicted octanol–water partition coefficient (Wildman–Crippen LogP) is 3.64. The molecule has 2 heterocycles. The zero-order valence-corrected chi connectivity index (χ0v) is 14.0. The number of thiophene rings is 1. The number of aliphatic hydroxyl groups excluding tert-OH is 2. The molecule has 0 bridgehead atoms. The normalized spacial score (nSPS) is 15.6. The van der Waals surface area contributed by atoms with Gasteiger partial charge in [0.05, 0.1) is 4.88 Å². The monoisotopic (exact) mass is 382 g/mol. The standard InChI is InChI=1S/C16H15BrO4S/c17-12-2-1-10(3-4-18)13(8-12)15(19)11-7-14(22-9-11)16-20-5-6-21-16/h1-2,5-9,15-16,18-19H,3-4H2. The highest BCUT2D eigenvalue weighted by atomic mass is 79.9. The lowest BCUT2D eigenvalue weighted by Gasteiger charge is -2.15. The van der Waals surface area contributed by atoms with Crippen LogP contribution in [0.15, 0.2) is 46.6 Å². The van der Waals surface area contributed by atoms with Crippen LogP contribution in [0.5, 0.6) is 0 Å². The Morgan fingerprint density at radius 1 is 1.23 bits per heavy atom. The quantitative estimate of drug-likeness (QED) is 0.828. The molecule has 0 radical (unpaired) electrons. The summed E-state index contributed by atoms with van der Waals surface area (Å²) >= 11 is 4.91. The van der Waals surface area contributed by atoms with E-state index in [2.05, 4.69) is 15.9 Å². The van der Waals surface area contributed by atoms with Crippen LogP contribution in [-0.2, 0) is 15.9 Å². The van der Waals surface area contributed by atoms with Gasteiger partial charge in [0.1, 0.15) is 18.6 Å². The van der Waals surface area contributed by atoms with Crippen LogP contribution in [0.2, 0.25) is 0 Å². The highest BCUT2D eigenvalue weighted by Crippen LogP contribution is 2.35. The second-order valence-corrected chi connectivity index (χ2v) is 6.74. The minimum Gasteiger partial charge on any atom is -0.454 e. The largest absolute Gasteiger partial charge is 0.454 e. The highest BCUT2D eigenvalue weighted by molar-refractivity contribution is 9.10. The van der Waals surface area contributed by atoms with Crippen molar-refractivity contribution in [1.29, 1.82) is 0 Å². The van der Waals surface area contributed by atoms with E-state index in [1.165, 1.54) is 23.9 Å². The Hall–Kier alpha value is -1.34. The zero-order valence-electron chi connectivity index (χ0n) is 11.6. The average molecular weight is 383 g/mol. The number of aliphatic hydroxyl groups is 2. The molecule has 0 saturated carbocycles. The summed E-state index contributed by atoms with van der Waals surface area (Å²) in [5.41, 5.74) is 2.51. The van der Waals surface area contributed by atoms with Gasteiger partial charge in [-0.25, -0.2) is 0 Å². The molecule has 116 valence electrons. The Bertz CT molecular complexity index is 675. The van der Waals surface area contributed by atoms with E-state index in [4.69, 9.17) is 9.47 Å². The molecular weight excluding hydrogens is 368 g/mol. The van der Waals surface area contributed by atoms with Crippen molar-refractivity contribution in [3.63, 3.8) is 0 Å². The van der Waals surface area contributed by atoms with Crippen LogP contribution in [0.1, 0.15) is 34.0 Å². The Morgan fingerprint density at radius 3 is 2.73 bits per heavy atom. The molecule has 6 heteroatoms. The fraction of sp³-hybridized carbons (Fsp3) is 0.250. The molecule has 2 N–H and O–H groups in total. The van der Waals surface area contributed by atoms with E-state index in [0.29, 0.717) is 6.42 Å². The number of benzene rings is 1. The van der Waals surface area contributed by atoms with Gasteiger partial charge in [-0.15, -0.1) is 11.3 Å². The molecule has 1 atom stereocenters. The smallest absolute Gasteiger partial charge is 0.275 e. The summed E-state index contributed by atoms with van der Waals surface area (Å²) in [7, 11) is 0. The topological polar surface area (TPSA) is 58.9 Å². The molecule has 1 aromatic carbocycles. The maximum atomic E-state index is 10.7. The number of hydrogen-bond donors (Lipinski definition) is 2. The summed E-state index contributed by atoms with van der Waals surface area (Å²) in [4.78, 5) is 0.901. The summed E-state index contributed by atoms with van der Waals surface area (Å²) in [6, 6.07) is 7.60. The molecule has 0 aliphatic carbocycles. The lowest BCUT2D eigenvalue weighted by molar-refractivity contribution is -0.0217. The molecule has 22 heavy (non-hydrogen) atoms. The highest BCUT2D eigenvalue weighted by Gasteiger charge is 2.22. The lowest BCUT2D eigenvalue weighted by atomic mass is 9.96. The van der Waals surface area contributed by atoms with Gasteiger partial charge in [0, 0.05) is 11.1 Å². The SMILES string of the molecule is OCCc1ccc(Br)cc1C(O)c1csc(C2OC=CO2)c1. The van der Waals surface area contributed by atoms with E-state index in [1.807, 2.05) is 29.6 Å². The fourth-order valence-corrected chi connectivity index (χ4v) is 3.63. The molecular formula is C16H15BrO4S. The minimum absolute atomic E-state index is 0.0473. The number of hydrogen-bond acceptors (Lipinski definition) is 5. The van der Waals surface area contributed by atoms with E-state index in [-0.39, 0.29) is 6.61 Å². The molecule has 1 unspecified atom stereocenters. The van der Waals surface area contributed by atoms with Crippen LogP contribution in [0.3, 0.4) is 0 Å². The van der Waals surface area contributed by atoms with Crippen molar-refractivity contribution in [2.75, 3.05) is 6.61 Å². The molecule has 1 aromatic heterocycles. The Kier molecular flexibility index (Phi) is 4.83. The van der Waals surface area contributed by atoms with Gasteiger partial charge in [0.15, 0.2) is 0 Å². The number of rotatable bonds is 5. The Balaban J connectivity index is 1.87. The van der Waals surface area contributed by atoms with Crippen LogP contribution in [0.25, 0.3) is 0 Å². The first kappa shape index (κ1) is 15.6. The maximum Gasteiger partial charge on any atom is 0.275 e. The van der Waals surface area contributed by atoms with Gasteiger partial charge in [0.25, 0.3) is 6.29 Å². The van der Waals surface area contributed by atoms with Crippen LogP contribution < -0.4 is 0 Å². The van der Waals surface area contributed by atoms with E-state index in [0.717, 1.165) is 26.0 Å². The first-order valence-corrected chi connectivity index (χ1v) is 8.48. The van der Waals surface area contributed by atoms with Crippen molar-refractivity contribution in [2.24, 2.45) is 0 Å². The summed E-state index contributed by atoms with van der Waals surface area (Å²) in [5, 5.41) is 21.8. The van der Waals surface area contributed by atoms with Crippen LogP contribution in [0, 0.1) is 0 Å². The Labute approximate surface area is 140 Å². The summed E-state index contributed by atoms with van der Waals surface area (Å²) in [5.74, 6) is 0. The van der Waals surface area contributed by atoms with E-state index < -0.39 is 12.4 Å². The number of ether oxygens (including phenoxy) is 2. The molecule has 1 aliphatic rings. The maximum absolute atomic E-state index is 10.7. The third-order valence-electron chi connectivity index (χ3n) is 3.43. The number of halogens is 1. The lowest BCUT2D eigenvalue weighted by Crippen LogP contribution is -2.05. The van der Waals surface area contributed by atoms with Gasteiger partial charge < -0.3 is 19.7 Å². The van der Waals surface area contributed by atoms with Crippen LogP contribution >= 0.6 is 27.3 Å².